The molecule has 0 saturated carbocycles. The molecule has 2 aliphatic rings. The van der Waals surface area contributed by atoms with Gasteiger partial charge in [-0.2, -0.15) is 0 Å². The maximum atomic E-state index is 13.3. The van der Waals surface area contributed by atoms with Crippen molar-refractivity contribution in [2.45, 2.75) is 12.0 Å². The van der Waals surface area contributed by atoms with Gasteiger partial charge in [-0.05, 0) is 48.5 Å². The lowest BCUT2D eigenvalue weighted by molar-refractivity contribution is -0.135. The van der Waals surface area contributed by atoms with Gasteiger partial charge in [0, 0.05) is 16.1 Å². The van der Waals surface area contributed by atoms with E-state index < -0.39 is 17.9 Å². The molecule has 1 N–H and O–H groups in total. The molecule has 5 rings (SSSR count). The number of nitrogens with zero attached hydrogens (tertiary/aromatic N) is 1. The number of hydrogen-bond donors (Lipinski definition) is 1. The van der Waals surface area contributed by atoms with Crippen LogP contribution in [0.15, 0.2) is 66.7 Å². The highest BCUT2D eigenvalue weighted by atomic mass is 35.5. The normalized spacial score (nSPS) is 18.4. The van der Waals surface area contributed by atoms with Crippen LogP contribution in [0.25, 0.3) is 0 Å². The van der Waals surface area contributed by atoms with E-state index in [1.54, 1.807) is 66.7 Å². The topological polar surface area (TPSA) is 85.3 Å². The number of carbonyl (C=O) groups excluding carboxylic acids is 2. The van der Waals surface area contributed by atoms with Crippen LogP contribution >= 0.6 is 11.6 Å². The number of fused-ring (bicyclic) bond motifs is 2. The van der Waals surface area contributed by atoms with Crippen molar-refractivity contribution in [1.82, 2.24) is 0 Å². The van der Waals surface area contributed by atoms with E-state index in [4.69, 9.17) is 25.8 Å². The lowest BCUT2D eigenvalue weighted by Gasteiger charge is -2.23. The summed E-state index contributed by atoms with van der Waals surface area (Å²) in [6.45, 7) is 0.503. The summed E-state index contributed by atoms with van der Waals surface area (Å²) in [4.78, 5) is 27.8. The second kappa shape index (κ2) is 8.42. The Labute approximate surface area is 195 Å². The second-order valence-corrected chi connectivity index (χ2v) is 8.24. The molecule has 7 nitrogen and oxygen atoms in total. The number of halogens is 1. The highest BCUT2D eigenvalue weighted by Crippen LogP contribution is 2.43. The number of ether oxygens (including phenoxy) is 3. The summed E-state index contributed by atoms with van der Waals surface area (Å²) in [7, 11) is 0. The first-order valence-electron chi connectivity index (χ1n) is 10.4. The molecule has 168 valence electrons. The number of aliphatic hydroxyl groups is 1. The molecular formula is C25H20ClNO6. The Morgan fingerprint density at radius 3 is 2.64 bits per heavy atom. The fraction of sp³-hybridized carbons (Fsp3) is 0.200. The van der Waals surface area contributed by atoms with Crippen LogP contribution in [-0.2, 0) is 10.4 Å². The molecule has 1 amide bonds. The first-order chi connectivity index (χ1) is 16.0. The Morgan fingerprint density at radius 2 is 1.82 bits per heavy atom. The van der Waals surface area contributed by atoms with E-state index in [1.807, 2.05) is 0 Å². The van der Waals surface area contributed by atoms with Gasteiger partial charge in [-0.1, -0.05) is 29.8 Å². The highest BCUT2D eigenvalue weighted by Gasteiger charge is 2.50. The van der Waals surface area contributed by atoms with Gasteiger partial charge in [-0.3, -0.25) is 9.59 Å². The Bertz CT molecular complexity index is 1230. The van der Waals surface area contributed by atoms with Crippen LogP contribution in [-0.4, -0.2) is 36.7 Å². The van der Waals surface area contributed by atoms with Crippen LogP contribution in [0.4, 0.5) is 5.69 Å². The third kappa shape index (κ3) is 3.90. The van der Waals surface area contributed by atoms with E-state index in [9.17, 15) is 14.7 Å². The van der Waals surface area contributed by atoms with Crippen LogP contribution in [0.1, 0.15) is 22.3 Å². The molecule has 8 heteroatoms. The van der Waals surface area contributed by atoms with Crippen LogP contribution < -0.4 is 19.1 Å². The number of carbonyl (C=O) groups is 2. The predicted octanol–water partition coefficient (Wildman–Crippen LogP) is 3.95. The molecule has 0 unspecified atom stereocenters. The van der Waals surface area contributed by atoms with Gasteiger partial charge in [0.25, 0.3) is 5.91 Å². The number of Topliss-reactive ketones (excluding diaryl/α,β-unsaturated/α-hetero) is 1. The first-order valence-corrected chi connectivity index (χ1v) is 10.8. The average Bonchev–Trinajstić information content (AvgIpc) is 3.37. The predicted molar refractivity (Wildman–Crippen MR) is 121 cm³/mol. The molecule has 0 radical (unpaired) electrons. The zero-order chi connectivity index (χ0) is 23.0. The summed E-state index contributed by atoms with van der Waals surface area (Å²) >= 11 is 5.89. The van der Waals surface area contributed by atoms with E-state index in [0.717, 1.165) is 0 Å². The minimum atomic E-state index is -1.97. The first kappa shape index (κ1) is 21.3. The quantitative estimate of drug-likeness (QED) is 0.532. The largest absolute Gasteiger partial charge is 0.492 e. The molecule has 3 aromatic carbocycles. The summed E-state index contributed by atoms with van der Waals surface area (Å²) < 4.78 is 16.3. The highest BCUT2D eigenvalue weighted by molar-refractivity contribution is 6.30. The number of ketones is 1. The minimum Gasteiger partial charge on any atom is -0.492 e. The summed E-state index contributed by atoms with van der Waals surface area (Å²) in [5.74, 6) is 0.703. The summed E-state index contributed by atoms with van der Waals surface area (Å²) in [6, 6.07) is 18.6. The average molecular weight is 466 g/mol. The molecule has 0 aliphatic carbocycles. The summed E-state index contributed by atoms with van der Waals surface area (Å²) in [6.07, 6.45) is -0.392. The number of amides is 1. The second-order valence-electron chi connectivity index (χ2n) is 7.80. The molecule has 33 heavy (non-hydrogen) atoms. The van der Waals surface area contributed by atoms with Crippen molar-refractivity contribution >= 4 is 29.0 Å². The number of para-hydroxylation sites is 1. The van der Waals surface area contributed by atoms with Gasteiger partial charge in [0.15, 0.2) is 22.9 Å². The molecule has 1 atom stereocenters. The van der Waals surface area contributed by atoms with Gasteiger partial charge in [0.2, 0.25) is 6.79 Å². The Kier molecular flexibility index (Phi) is 5.44. The van der Waals surface area contributed by atoms with Crippen LogP contribution in [0.3, 0.4) is 0 Å². The van der Waals surface area contributed by atoms with Crippen LogP contribution in [0.2, 0.25) is 5.02 Å². The fourth-order valence-corrected chi connectivity index (χ4v) is 4.22. The van der Waals surface area contributed by atoms with Crippen molar-refractivity contribution in [3.05, 3.63) is 82.9 Å². The number of hydrogen-bond acceptors (Lipinski definition) is 6. The van der Waals surface area contributed by atoms with Gasteiger partial charge in [0.05, 0.1) is 18.7 Å². The molecule has 2 aliphatic heterocycles. The Morgan fingerprint density at radius 1 is 1.06 bits per heavy atom. The smallest absolute Gasteiger partial charge is 0.264 e. The van der Waals surface area contributed by atoms with Crippen molar-refractivity contribution < 1.29 is 28.9 Å². The van der Waals surface area contributed by atoms with Crippen molar-refractivity contribution in [3.63, 3.8) is 0 Å². The van der Waals surface area contributed by atoms with Gasteiger partial charge in [-0.15, -0.1) is 0 Å². The Hall–Kier alpha value is -3.55. The number of rotatable bonds is 7. The number of benzene rings is 3. The van der Waals surface area contributed by atoms with Crippen molar-refractivity contribution in [2.24, 2.45) is 0 Å². The summed E-state index contributed by atoms with van der Waals surface area (Å²) in [5.41, 5.74) is -0.675. The maximum absolute atomic E-state index is 13.3. The van der Waals surface area contributed by atoms with Crippen LogP contribution in [0, 0.1) is 0 Å². The minimum absolute atomic E-state index is 0.0931. The van der Waals surface area contributed by atoms with Gasteiger partial charge < -0.3 is 24.2 Å². The molecule has 0 fully saturated rings. The molecular weight excluding hydrogens is 446 g/mol. The summed E-state index contributed by atoms with van der Waals surface area (Å²) in [5, 5.41) is 12.0. The van der Waals surface area contributed by atoms with Crippen LogP contribution in [0.5, 0.6) is 17.2 Å². The van der Waals surface area contributed by atoms with Crippen molar-refractivity contribution in [2.75, 3.05) is 24.8 Å². The molecule has 0 saturated heterocycles. The molecule has 0 aromatic heterocycles. The lowest BCUT2D eigenvalue weighted by Crippen LogP contribution is -2.43. The monoisotopic (exact) mass is 465 g/mol. The number of anilines is 1. The fourth-order valence-electron chi connectivity index (χ4n) is 4.09. The SMILES string of the molecule is O=C(C[C@@]1(O)C(=O)N(CCOc2ccc(Cl)cc2)c2ccccc21)c1ccc2c(c1)OCO2. The zero-order valence-electron chi connectivity index (χ0n) is 17.5. The molecule has 0 spiro atoms. The molecule has 3 aromatic rings. The van der Waals surface area contributed by atoms with Crippen molar-refractivity contribution in [3.8, 4) is 17.2 Å². The Balaban J connectivity index is 1.34. The molecule has 2 heterocycles. The van der Waals surface area contributed by atoms with E-state index in [-0.39, 0.29) is 25.7 Å². The van der Waals surface area contributed by atoms with Crippen molar-refractivity contribution in [1.29, 1.82) is 0 Å². The van der Waals surface area contributed by atoms with E-state index in [1.165, 1.54) is 4.90 Å². The molecule has 0 bridgehead atoms. The lowest BCUT2D eigenvalue weighted by atomic mass is 9.88. The van der Waals surface area contributed by atoms with Gasteiger partial charge >= 0.3 is 0 Å². The van der Waals surface area contributed by atoms with E-state index in [2.05, 4.69) is 0 Å². The van der Waals surface area contributed by atoms with Gasteiger partial charge in [-0.25, -0.2) is 0 Å². The third-order valence-corrected chi connectivity index (χ3v) is 6.00. The maximum Gasteiger partial charge on any atom is 0.264 e. The van der Waals surface area contributed by atoms with Gasteiger partial charge in [0.1, 0.15) is 12.4 Å². The zero-order valence-corrected chi connectivity index (χ0v) is 18.2. The van der Waals surface area contributed by atoms with E-state index in [0.29, 0.717) is 39.1 Å². The van der Waals surface area contributed by atoms with E-state index >= 15 is 0 Å². The third-order valence-electron chi connectivity index (χ3n) is 5.75. The standard InChI is InChI=1S/C25H20ClNO6/c26-17-6-8-18(9-7-17)31-12-11-27-20-4-2-1-3-19(20)25(30,24(27)29)14-21(28)16-5-10-22-23(13-16)33-15-32-22/h1-10,13,30H,11-12,14-15H2/t25-/m0/s1.